The lowest BCUT2D eigenvalue weighted by Gasteiger charge is -2.29. The van der Waals surface area contributed by atoms with E-state index in [0.29, 0.717) is 22.6 Å². The van der Waals surface area contributed by atoms with Crippen LogP contribution in [0.4, 0.5) is 26.7 Å². The third-order valence-electron chi connectivity index (χ3n) is 7.90. The van der Waals surface area contributed by atoms with Crippen molar-refractivity contribution in [1.29, 1.82) is 0 Å². The van der Waals surface area contributed by atoms with Crippen molar-refractivity contribution in [2.75, 3.05) is 28.2 Å². The number of fused-ring (bicyclic) bond motifs is 1. The fraction of sp³-hybridized carbons (Fsp3) is 0.333. The molecule has 1 aliphatic carbocycles. The molecule has 5 rings (SSSR count). The zero-order valence-electron chi connectivity index (χ0n) is 24.1. The number of hydrogen-bond acceptors (Lipinski definition) is 4. The third-order valence-corrected chi connectivity index (χ3v) is 7.90. The highest BCUT2D eigenvalue weighted by atomic mass is 16.2. The number of nitrogens with one attached hydrogen (secondary N) is 3. The number of aryl methyl sites for hydroxylation is 2. The molecule has 0 spiro atoms. The van der Waals surface area contributed by atoms with E-state index in [4.69, 9.17) is 0 Å². The van der Waals surface area contributed by atoms with Gasteiger partial charge in [0.15, 0.2) is 5.78 Å². The molecule has 1 aliphatic heterocycles. The molecule has 42 heavy (non-hydrogen) atoms. The maximum Gasteiger partial charge on any atom is 0.322 e. The molecule has 0 bridgehead atoms. The molecule has 5 amide bonds. The fourth-order valence-electron chi connectivity index (χ4n) is 5.71. The number of amides is 5. The van der Waals surface area contributed by atoms with E-state index in [2.05, 4.69) is 16.0 Å². The Morgan fingerprint density at radius 1 is 0.833 bits per heavy atom. The predicted octanol–water partition coefficient (Wildman–Crippen LogP) is 5.57. The van der Waals surface area contributed by atoms with Crippen LogP contribution in [0.3, 0.4) is 0 Å². The minimum atomic E-state index is -1.11. The van der Waals surface area contributed by atoms with Crippen LogP contribution >= 0.6 is 0 Å². The molecule has 1 unspecified atom stereocenters. The number of urea groups is 2. The van der Waals surface area contributed by atoms with Gasteiger partial charge >= 0.3 is 12.1 Å². The molecule has 1 heterocycles. The number of benzene rings is 3. The molecule has 218 valence electrons. The summed E-state index contributed by atoms with van der Waals surface area (Å²) in [5.41, 5.74) is 3.81. The highest BCUT2D eigenvalue weighted by Gasteiger charge is 2.38. The van der Waals surface area contributed by atoms with Gasteiger partial charge in [-0.1, -0.05) is 67.8 Å². The topological polar surface area (TPSA) is 111 Å². The van der Waals surface area contributed by atoms with E-state index < -0.39 is 18.0 Å². The molecule has 1 fully saturated rings. The van der Waals surface area contributed by atoms with Gasteiger partial charge in [-0.25, -0.2) is 9.59 Å². The molecule has 1 saturated carbocycles. The van der Waals surface area contributed by atoms with Gasteiger partial charge < -0.3 is 20.9 Å². The van der Waals surface area contributed by atoms with E-state index in [9.17, 15) is 19.2 Å². The number of rotatable bonds is 6. The van der Waals surface area contributed by atoms with Gasteiger partial charge in [0.25, 0.3) is 5.91 Å². The van der Waals surface area contributed by atoms with Crippen LogP contribution in [-0.4, -0.2) is 48.9 Å². The highest BCUT2D eigenvalue weighted by Crippen LogP contribution is 2.33. The van der Waals surface area contributed by atoms with E-state index in [1.807, 2.05) is 44.2 Å². The van der Waals surface area contributed by atoms with Crippen LogP contribution in [0.25, 0.3) is 0 Å². The Labute approximate surface area is 246 Å². The van der Waals surface area contributed by atoms with Gasteiger partial charge in [0.1, 0.15) is 6.04 Å². The average Bonchev–Trinajstić information content (AvgIpc) is 3.08. The van der Waals surface area contributed by atoms with Crippen LogP contribution in [0.5, 0.6) is 0 Å². The van der Waals surface area contributed by atoms with Crippen LogP contribution < -0.4 is 25.8 Å². The summed E-state index contributed by atoms with van der Waals surface area (Å²) in [5.74, 6) is -0.712. The summed E-state index contributed by atoms with van der Waals surface area (Å²) in [7, 11) is 0. The third kappa shape index (κ3) is 6.62. The minimum absolute atomic E-state index is 0.0483. The second kappa shape index (κ2) is 12.9. The van der Waals surface area contributed by atoms with Crippen molar-refractivity contribution in [3.05, 3.63) is 89.5 Å². The van der Waals surface area contributed by atoms with E-state index in [1.165, 1.54) is 9.80 Å². The summed E-state index contributed by atoms with van der Waals surface area (Å²) in [4.78, 5) is 57.4. The Hall–Kier alpha value is -4.66. The van der Waals surface area contributed by atoms with Crippen molar-refractivity contribution >= 4 is 40.8 Å². The maximum absolute atomic E-state index is 14.1. The number of carbonyl (C=O) groups excluding carboxylic acids is 4. The summed E-state index contributed by atoms with van der Waals surface area (Å²) in [6, 6.07) is 19.6. The zero-order valence-corrected chi connectivity index (χ0v) is 24.1. The molecule has 3 N–H and O–H groups in total. The van der Waals surface area contributed by atoms with Crippen molar-refractivity contribution in [2.24, 2.45) is 0 Å². The zero-order chi connectivity index (χ0) is 29.6. The number of ketones is 1. The van der Waals surface area contributed by atoms with E-state index in [0.717, 1.165) is 43.2 Å². The number of para-hydroxylation sites is 2. The maximum atomic E-state index is 14.1. The van der Waals surface area contributed by atoms with Gasteiger partial charge in [-0.3, -0.25) is 14.5 Å². The van der Waals surface area contributed by atoms with Gasteiger partial charge in [0.05, 0.1) is 24.5 Å². The summed E-state index contributed by atoms with van der Waals surface area (Å²) in [5, 5.41) is 8.71. The second-order valence-corrected chi connectivity index (χ2v) is 11.1. The standard InChI is InChI=1S/C33H37N5O4/c1-22-11-10-15-25(19-22)34-32(41)36-27-20-38(33(42)35-24-13-4-3-5-14-24)29-18-9-8-17-28(29)37(31(27)40)21-30(39)26-16-7-6-12-23(26)2/h6-12,15-19,24,27H,3-5,13-14,20-21H2,1-2H3,(H,35,42)(H2,34,36,41). The summed E-state index contributed by atoms with van der Waals surface area (Å²) < 4.78 is 0. The van der Waals surface area contributed by atoms with Crippen molar-refractivity contribution in [2.45, 2.75) is 58.0 Å². The van der Waals surface area contributed by atoms with Crippen molar-refractivity contribution in [1.82, 2.24) is 10.6 Å². The molecule has 2 aliphatic rings. The molecule has 9 nitrogen and oxygen atoms in total. The number of nitrogens with zero attached hydrogens (tertiary/aromatic N) is 2. The van der Waals surface area contributed by atoms with Crippen molar-refractivity contribution in [3.63, 3.8) is 0 Å². The lowest BCUT2D eigenvalue weighted by atomic mass is 9.96. The van der Waals surface area contributed by atoms with E-state index in [1.54, 1.807) is 42.5 Å². The number of Topliss-reactive ketones (excluding diaryl/α,β-unsaturated/α-hetero) is 1. The smallest absolute Gasteiger partial charge is 0.322 e. The highest BCUT2D eigenvalue weighted by molar-refractivity contribution is 6.12. The average molecular weight is 568 g/mol. The lowest BCUT2D eigenvalue weighted by Crippen LogP contribution is -2.56. The summed E-state index contributed by atoms with van der Waals surface area (Å²) in [6.45, 7) is 3.44. The molecule has 0 radical (unpaired) electrons. The SMILES string of the molecule is Cc1cccc(NC(=O)NC2CN(C(=O)NC3CCCCC3)c3ccccc3N(CC(=O)c3ccccc3C)C2=O)c1. The first kappa shape index (κ1) is 28.9. The second-order valence-electron chi connectivity index (χ2n) is 11.1. The van der Waals surface area contributed by atoms with Crippen LogP contribution in [0.1, 0.15) is 53.6 Å². The number of anilines is 3. The van der Waals surface area contributed by atoms with Crippen LogP contribution in [0, 0.1) is 13.8 Å². The Bertz CT molecular complexity index is 1480. The molecule has 1 atom stereocenters. The van der Waals surface area contributed by atoms with Gasteiger partial charge in [-0.05, 0) is 62.1 Å². The first-order valence-corrected chi connectivity index (χ1v) is 14.5. The monoisotopic (exact) mass is 567 g/mol. The van der Waals surface area contributed by atoms with Crippen molar-refractivity contribution < 1.29 is 19.2 Å². The Kier molecular flexibility index (Phi) is 8.85. The Balaban J connectivity index is 1.47. The van der Waals surface area contributed by atoms with Crippen molar-refractivity contribution in [3.8, 4) is 0 Å². The van der Waals surface area contributed by atoms with Gasteiger partial charge in [0.2, 0.25) is 0 Å². The molecule has 0 aromatic heterocycles. The van der Waals surface area contributed by atoms with Gasteiger partial charge in [0, 0.05) is 17.3 Å². The molecule has 0 saturated heterocycles. The number of hydrogen-bond donors (Lipinski definition) is 3. The first-order chi connectivity index (χ1) is 20.3. The normalized spacial score (nSPS) is 17.2. The molecule has 3 aromatic rings. The largest absolute Gasteiger partial charge is 0.335 e. The predicted molar refractivity (Wildman–Crippen MR) is 164 cm³/mol. The minimum Gasteiger partial charge on any atom is -0.335 e. The van der Waals surface area contributed by atoms with E-state index in [-0.39, 0.29) is 30.9 Å². The Morgan fingerprint density at radius 3 is 2.29 bits per heavy atom. The summed E-state index contributed by atoms with van der Waals surface area (Å²) in [6.07, 6.45) is 5.06. The quantitative estimate of drug-likeness (QED) is 0.338. The van der Waals surface area contributed by atoms with Gasteiger partial charge in [-0.2, -0.15) is 0 Å². The Morgan fingerprint density at radius 2 is 1.55 bits per heavy atom. The summed E-state index contributed by atoms with van der Waals surface area (Å²) >= 11 is 0. The molecular formula is C33H37N5O4. The molecular weight excluding hydrogens is 530 g/mol. The van der Waals surface area contributed by atoms with Gasteiger partial charge in [-0.15, -0.1) is 0 Å². The lowest BCUT2D eigenvalue weighted by molar-refractivity contribution is -0.119. The fourth-order valence-corrected chi connectivity index (χ4v) is 5.71. The van der Waals surface area contributed by atoms with Crippen LogP contribution in [0.2, 0.25) is 0 Å². The first-order valence-electron chi connectivity index (χ1n) is 14.5. The van der Waals surface area contributed by atoms with E-state index >= 15 is 0 Å². The number of carbonyl (C=O) groups is 4. The van der Waals surface area contributed by atoms with Crippen LogP contribution in [-0.2, 0) is 4.79 Å². The van der Waals surface area contributed by atoms with Crippen LogP contribution in [0.15, 0.2) is 72.8 Å². The molecule has 9 heteroatoms. The molecule has 3 aromatic carbocycles.